The quantitative estimate of drug-likeness (QED) is 0.947. The summed E-state index contributed by atoms with van der Waals surface area (Å²) in [6.07, 6.45) is 0.830. The minimum Gasteiger partial charge on any atom is -0.273 e. The first-order valence-electron chi connectivity index (χ1n) is 7.59. The van der Waals surface area contributed by atoms with Crippen LogP contribution in [0, 0.1) is 5.41 Å². The number of aromatic nitrogens is 2. The van der Waals surface area contributed by atoms with E-state index in [1.54, 1.807) is 12.1 Å². The predicted molar refractivity (Wildman–Crippen MR) is 88.5 cm³/mol. The van der Waals surface area contributed by atoms with Crippen LogP contribution in [0.2, 0.25) is 0 Å². The Balaban J connectivity index is 2.66. The highest BCUT2D eigenvalue weighted by atomic mass is 16.2. The first-order chi connectivity index (χ1) is 10.3. The van der Waals surface area contributed by atoms with Crippen molar-refractivity contribution >= 4 is 16.8 Å². The molecule has 118 valence electrons. The van der Waals surface area contributed by atoms with Gasteiger partial charge in [-0.15, -0.1) is 0 Å². The first-order valence-corrected chi connectivity index (χ1v) is 7.59. The van der Waals surface area contributed by atoms with Gasteiger partial charge in [-0.1, -0.05) is 46.8 Å². The van der Waals surface area contributed by atoms with Gasteiger partial charge in [-0.25, -0.2) is 9.66 Å². The Kier molecular flexibility index (Phi) is 4.35. The van der Waals surface area contributed by atoms with E-state index in [9.17, 15) is 9.59 Å². The fourth-order valence-electron chi connectivity index (χ4n) is 2.04. The van der Waals surface area contributed by atoms with Crippen LogP contribution in [0.25, 0.3) is 10.9 Å². The molecule has 1 aromatic heterocycles. The molecule has 22 heavy (non-hydrogen) atoms. The van der Waals surface area contributed by atoms with Crippen molar-refractivity contribution in [3.8, 4) is 0 Å². The zero-order chi connectivity index (χ0) is 16.5. The number of hydrogen-bond donors (Lipinski definition) is 1. The third kappa shape index (κ3) is 3.03. The van der Waals surface area contributed by atoms with Crippen LogP contribution in [-0.4, -0.2) is 15.6 Å². The van der Waals surface area contributed by atoms with Gasteiger partial charge in [0, 0.05) is 11.3 Å². The Morgan fingerprint density at radius 3 is 2.55 bits per heavy atom. The van der Waals surface area contributed by atoms with Crippen LogP contribution in [0.4, 0.5) is 0 Å². The molecular weight excluding hydrogens is 278 g/mol. The van der Waals surface area contributed by atoms with Gasteiger partial charge in [0.2, 0.25) is 5.91 Å². The molecule has 1 atom stereocenters. The number of nitrogens with zero attached hydrogens (tertiary/aromatic N) is 2. The fourth-order valence-corrected chi connectivity index (χ4v) is 2.04. The van der Waals surface area contributed by atoms with Gasteiger partial charge in [0.05, 0.1) is 10.9 Å². The molecule has 5 heteroatoms. The number of carbonyl (C=O) groups is 1. The number of nitrogens with one attached hydrogen (secondary N) is 1. The maximum absolute atomic E-state index is 12.7. The van der Waals surface area contributed by atoms with E-state index in [-0.39, 0.29) is 17.4 Å². The lowest BCUT2D eigenvalue weighted by molar-refractivity contribution is -0.124. The van der Waals surface area contributed by atoms with Gasteiger partial charge in [-0.2, -0.15) is 0 Å². The molecule has 0 bridgehead atoms. The molecule has 1 heterocycles. The zero-order valence-electron chi connectivity index (χ0n) is 13.8. The second-order valence-corrected chi connectivity index (χ2v) is 6.63. The summed E-state index contributed by atoms with van der Waals surface area (Å²) in [6.45, 7) is 9.46. The molecule has 0 saturated carbocycles. The van der Waals surface area contributed by atoms with Crippen molar-refractivity contribution in [3.05, 3.63) is 40.4 Å². The molecule has 0 radical (unpaired) electrons. The summed E-state index contributed by atoms with van der Waals surface area (Å²) in [4.78, 5) is 29.6. The first kappa shape index (κ1) is 16.2. The maximum Gasteiger partial charge on any atom is 0.280 e. The monoisotopic (exact) mass is 301 g/mol. The molecule has 0 aliphatic rings. The van der Waals surface area contributed by atoms with Gasteiger partial charge < -0.3 is 0 Å². The van der Waals surface area contributed by atoms with E-state index in [0.717, 1.165) is 6.42 Å². The van der Waals surface area contributed by atoms with Crippen LogP contribution in [0.1, 0.15) is 52.8 Å². The highest BCUT2D eigenvalue weighted by Crippen LogP contribution is 2.19. The smallest absolute Gasteiger partial charge is 0.273 e. The van der Waals surface area contributed by atoms with Gasteiger partial charge in [-0.05, 0) is 18.6 Å². The second-order valence-electron chi connectivity index (χ2n) is 6.63. The number of benzene rings is 1. The van der Waals surface area contributed by atoms with Crippen molar-refractivity contribution in [2.75, 3.05) is 5.43 Å². The molecule has 1 aromatic carbocycles. The molecule has 2 aromatic rings. The fraction of sp³-hybridized carbons (Fsp3) is 0.471. The van der Waals surface area contributed by atoms with E-state index in [2.05, 4.69) is 10.4 Å². The second kappa shape index (κ2) is 5.91. The average Bonchev–Trinajstić information content (AvgIpc) is 2.48. The summed E-state index contributed by atoms with van der Waals surface area (Å²) in [5.41, 5.74) is 2.56. The molecule has 1 N–H and O–H groups in total. The highest BCUT2D eigenvalue weighted by molar-refractivity contribution is 5.89. The molecule has 0 aliphatic carbocycles. The molecule has 0 aliphatic heterocycles. The summed E-state index contributed by atoms with van der Waals surface area (Å²) in [5, 5.41) is 0.503. The normalized spacial score (nSPS) is 13.1. The van der Waals surface area contributed by atoms with Gasteiger partial charge in [-0.3, -0.25) is 15.0 Å². The van der Waals surface area contributed by atoms with Crippen molar-refractivity contribution in [3.63, 3.8) is 0 Å². The highest BCUT2D eigenvalue weighted by Gasteiger charge is 2.24. The number of amides is 1. The molecule has 0 saturated heterocycles. The van der Waals surface area contributed by atoms with Gasteiger partial charge >= 0.3 is 0 Å². The van der Waals surface area contributed by atoms with Crippen molar-refractivity contribution < 1.29 is 4.79 Å². The summed E-state index contributed by atoms with van der Waals surface area (Å²) >= 11 is 0. The summed E-state index contributed by atoms with van der Waals surface area (Å²) in [5.74, 6) is 0.442. The average molecular weight is 301 g/mol. The molecule has 5 nitrogen and oxygen atoms in total. The van der Waals surface area contributed by atoms with Gasteiger partial charge in [0.15, 0.2) is 0 Å². The minimum absolute atomic E-state index is 0.0672. The SMILES string of the molecule is CCC(C)c1nc2ccccc2c(=O)n1NC(=O)C(C)(C)C. The Bertz CT molecular complexity index is 757. The van der Waals surface area contributed by atoms with E-state index in [4.69, 9.17) is 0 Å². The molecule has 0 spiro atoms. The number of hydrogen-bond acceptors (Lipinski definition) is 3. The van der Waals surface area contributed by atoms with Crippen LogP contribution in [0.3, 0.4) is 0 Å². The summed E-state index contributed by atoms with van der Waals surface area (Å²) < 4.78 is 1.31. The largest absolute Gasteiger partial charge is 0.280 e. The van der Waals surface area contributed by atoms with Gasteiger partial charge in [0.1, 0.15) is 5.82 Å². The van der Waals surface area contributed by atoms with Crippen molar-refractivity contribution in [2.24, 2.45) is 5.41 Å². The topological polar surface area (TPSA) is 64.0 Å². The summed E-state index contributed by atoms with van der Waals surface area (Å²) in [6, 6.07) is 7.20. The van der Waals surface area contributed by atoms with E-state index in [0.29, 0.717) is 16.7 Å². The van der Waals surface area contributed by atoms with Crippen LogP contribution in [0.15, 0.2) is 29.1 Å². The van der Waals surface area contributed by atoms with E-state index < -0.39 is 5.41 Å². The Morgan fingerprint density at radius 2 is 1.95 bits per heavy atom. The molecular formula is C17H23N3O2. The third-order valence-corrected chi connectivity index (χ3v) is 3.75. The number of para-hydroxylation sites is 1. The standard InChI is InChI=1S/C17H23N3O2/c1-6-11(2)14-18-13-10-8-7-9-12(13)15(21)20(14)19-16(22)17(3,4)5/h7-11H,6H2,1-5H3,(H,19,22). The van der Waals surface area contributed by atoms with Crippen LogP contribution < -0.4 is 11.0 Å². The lowest BCUT2D eigenvalue weighted by Crippen LogP contribution is -2.41. The van der Waals surface area contributed by atoms with E-state index in [1.807, 2.05) is 46.8 Å². The van der Waals surface area contributed by atoms with Crippen LogP contribution in [0.5, 0.6) is 0 Å². The predicted octanol–water partition coefficient (Wildman–Crippen LogP) is 3.03. The van der Waals surface area contributed by atoms with Crippen molar-refractivity contribution in [2.45, 2.75) is 47.0 Å². The van der Waals surface area contributed by atoms with Crippen LogP contribution >= 0.6 is 0 Å². The van der Waals surface area contributed by atoms with Gasteiger partial charge in [0.25, 0.3) is 5.56 Å². The maximum atomic E-state index is 12.7. The molecule has 0 fully saturated rings. The lowest BCUT2D eigenvalue weighted by Gasteiger charge is -2.22. The van der Waals surface area contributed by atoms with Crippen molar-refractivity contribution in [1.29, 1.82) is 0 Å². The van der Waals surface area contributed by atoms with Crippen molar-refractivity contribution in [1.82, 2.24) is 9.66 Å². The number of fused-ring (bicyclic) bond motifs is 1. The molecule has 2 rings (SSSR count). The van der Waals surface area contributed by atoms with E-state index in [1.165, 1.54) is 4.68 Å². The lowest BCUT2D eigenvalue weighted by atomic mass is 9.96. The Morgan fingerprint density at radius 1 is 1.32 bits per heavy atom. The molecule has 1 amide bonds. The number of carbonyl (C=O) groups excluding carboxylic acids is 1. The Labute approximate surface area is 130 Å². The number of rotatable bonds is 3. The van der Waals surface area contributed by atoms with E-state index >= 15 is 0 Å². The summed E-state index contributed by atoms with van der Waals surface area (Å²) in [7, 11) is 0. The van der Waals surface area contributed by atoms with Crippen LogP contribution in [-0.2, 0) is 4.79 Å². The minimum atomic E-state index is -0.586. The Hall–Kier alpha value is -2.17. The third-order valence-electron chi connectivity index (χ3n) is 3.75. The zero-order valence-corrected chi connectivity index (χ0v) is 13.8. The molecule has 1 unspecified atom stereocenters.